The lowest BCUT2D eigenvalue weighted by atomic mass is 10.2. The highest BCUT2D eigenvalue weighted by molar-refractivity contribution is 7.92. The Kier molecular flexibility index (Phi) is 6.42. The van der Waals surface area contributed by atoms with Crippen molar-refractivity contribution >= 4 is 33.0 Å². The van der Waals surface area contributed by atoms with Gasteiger partial charge < -0.3 is 9.84 Å². The van der Waals surface area contributed by atoms with Crippen LogP contribution in [-0.4, -0.2) is 37.3 Å². The first-order valence-corrected chi connectivity index (χ1v) is 11.3. The number of hydrogen-bond donors (Lipinski definition) is 1. The van der Waals surface area contributed by atoms with Gasteiger partial charge >= 0.3 is 0 Å². The van der Waals surface area contributed by atoms with Crippen molar-refractivity contribution in [3.05, 3.63) is 53.7 Å². The van der Waals surface area contributed by atoms with Crippen LogP contribution in [0.5, 0.6) is 0 Å². The minimum Gasteiger partial charge on any atom is -0.347 e. The van der Waals surface area contributed by atoms with Crippen molar-refractivity contribution in [3.63, 3.8) is 0 Å². The Hall–Kier alpha value is -2.72. The van der Waals surface area contributed by atoms with Crippen molar-refractivity contribution in [1.82, 2.24) is 15.5 Å². The zero-order chi connectivity index (χ0) is 20.0. The topological polar surface area (TPSA) is 105 Å². The molecule has 0 unspecified atom stereocenters. The lowest BCUT2D eigenvalue weighted by molar-refractivity contribution is -0.121. The number of nitrogens with one attached hydrogen (secondary N) is 1. The predicted molar refractivity (Wildman–Crippen MR) is 107 cm³/mol. The van der Waals surface area contributed by atoms with E-state index >= 15 is 0 Å². The number of hydrogen-bond acceptors (Lipinski definition) is 7. The van der Waals surface area contributed by atoms with E-state index < -0.39 is 10.0 Å². The molecule has 8 nitrogen and oxygen atoms in total. The van der Waals surface area contributed by atoms with Crippen LogP contribution in [0.1, 0.15) is 18.7 Å². The van der Waals surface area contributed by atoms with Crippen molar-refractivity contribution in [1.29, 1.82) is 0 Å². The standard InChI is InChI=1S/C18H20N4O4S2/c1-28(24,25)22(14-7-3-2-4-8-14)11-5-10-16(23)19-13-17-20-18(21-26-17)15-9-6-12-27-15/h2-4,6-9,12H,5,10-11,13H2,1H3,(H,19,23). The number of thiophene rings is 1. The molecule has 1 amide bonds. The summed E-state index contributed by atoms with van der Waals surface area (Å²) in [7, 11) is -3.42. The molecular weight excluding hydrogens is 400 g/mol. The molecule has 0 saturated carbocycles. The molecule has 1 aromatic carbocycles. The molecule has 0 radical (unpaired) electrons. The van der Waals surface area contributed by atoms with Crippen LogP contribution in [0.4, 0.5) is 5.69 Å². The highest BCUT2D eigenvalue weighted by Gasteiger charge is 2.17. The van der Waals surface area contributed by atoms with Gasteiger partial charge in [0.15, 0.2) is 0 Å². The van der Waals surface area contributed by atoms with Gasteiger partial charge in [-0.25, -0.2) is 8.42 Å². The number of aromatic nitrogens is 2. The summed E-state index contributed by atoms with van der Waals surface area (Å²) >= 11 is 1.50. The predicted octanol–water partition coefficient (Wildman–Crippen LogP) is 2.66. The summed E-state index contributed by atoms with van der Waals surface area (Å²) in [5.74, 6) is 0.599. The zero-order valence-electron chi connectivity index (χ0n) is 15.2. The Bertz CT molecular complexity index is 1000. The summed E-state index contributed by atoms with van der Waals surface area (Å²) in [5, 5.41) is 8.51. The molecule has 3 aromatic rings. The highest BCUT2D eigenvalue weighted by atomic mass is 32.2. The Labute approximate surface area is 167 Å². The van der Waals surface area contributed by atoms with Crippen molar-refractivity contribution < 1.29 is 17.7 Å². The normalized spacial score (nSPS) is 11.3. The monoisotopic (exact) mass is 420 g/mol. The summed E-state index contributed by atoms with van der Waals surface area (Å²) in [6.45, 7) is 0.352. The molecule has 0 aliphatic heterocycles. The SMILES string of the molecule is CS(=O)(=O)N(CCCC(=O)NCc1nc(-c2cccs2)no1)c1ccccc1. The average Bonchev–Trinajstić information content (AvgIpc) is 3.34. The number of carbonyl (C=O) groups is 1. The van der Waals surface area contributed by atoms with Gasteiger partial charge in [-0.2, -0.15) is 4.98 Å². The lowest BCUT2D eigenvalue weighted by Gasteiger charge is -2.22. The Morgan fingerprint density at radius 3 is 2.68 bits per heavy atom. The van der Waals surface area contributed by atoms with Gasteiger partial charge in [-0.3, -0.25) is 9.10 Å². The van der Waals surface area contributed by atoms with E-state index in [0.29, 0.717) is 23.8 Å². The van der Waals surface area contributed by atoms with E-state index in [9.17, 15) is 13.2 Å². The van der Waals surface area contributed by atoms with E-state index in [1.54, 1.807) is 24.3 Å². The van der Waals surface area contributed by atoms with Crippen LogP contribution >= 0.6 is 11.3 Å². The molecule has 0 bridgehead atoms. The average molecular weight is 421 g/mol. The first kappa shape index (κ1) is 20.0. The maximum atomic E-state index is 12.1. The maximum absolute atomic E-state index is 12.1. The second-order valence-electron chi connectivity index (χ2n) is 6.04. The Morgan fingerprint density at radius 1 is 1.21 bits per heavy atom. The lowest BCUT2D eigenvalue weighted by Crippen LogP contribution is -2.32. The summed E-state index contributed by atoms with van der Waals surface area (Å²) < 4.78 is 30.5. The number of benzene rings is 1. The van der Waals surface area contributed by atoms with Crippen LogP contribution in [0, 0.1) is 0 Å². The van der Waals surface area contributed by atoms with Crippen molar-refractivity contribution in [2.24, 2.45) is 0 Å². The molecule has 3 rings (SSSR count). The van der Waals surface area contributed by atoms with E-state index in [-0.39, 0.29) is 25.4 Å². The fraction of sp³-hybridized carbons (Fsp3) is 0.278. The van der Waals surface area contributed by atoms with Gasteiger partial charge in [0.2, 0.25) is 27.6 Å². The number of nitrogens with zero attached hydrogens (tertiary/aromatic N) is 3. The molecule has 0 saturated heterocycles. The molecule has 10 heteroatoms. The third-order valence-corrected chi connectivity index (χ3v) is 5.92. The van der Waals surface area contributed by atoms with Crippen LogP contribution in [0.3, 0.4) is 0 Å². The van der Waals surface area contributed by atoms with E-state index in [4.69, 9.17) is 4.52 Å². The molecule has 2 heterocycles. The van der Waals surface area contributed by atoms with Crippen molar-refractivity contribution in [2.45, 2.75) is 19.4 Å². The van der Waals surface area contributed by atoms with Gasteiger partial charge in [-0.1, -0.05) is 29.4 Å². The summed E-state index contributed by atoms with van der Waals surface area (Å²) in [4.78, 5) is 17.2. The molecule has 0 atom stereocenters. The minimum absolute atomic E-state index is 0.131. The molecular formula is C18H20N4O4S2. The Balaban J connectivity index is 1.47. The summed E-state index contributed by atoms with van der Waals surface area (Å²) in [6.07, 6.45) is 1.73. The number of sulfonamides is 1. The summed E-state index contributed by atoms with van der Waals surface area (Å²) in [5.41, 5.74) is 0.581. The second-order valence-corrected chi connectivity index (χ2v) is 8.89. The van der Waals surface area contributed by atoms with Crippen molar-refractivity contribution in [2.75, 3.05) is 17.1 Å². The number of amides is 1. The first-order chi connectivity index (χ1) is 13.4. The van der Waals surface area contributed by atoms with E-state index in [1.165, 1.54) is 15.6 Å². The molecule has 0 spiro atoms. The maximum Gasteiger partial charge on any atom is 0.246 e. The van der Waals surface area contributed by atoms with E-state index in [0.717, 1.165) is 11.1 Å². The smallest absolute Gasteiger partial charge is 0.246 e. The van der Waals surface area contributed by atoms with Gasteiger partial charge in [0, 0.05) is 13.0 Å². The van der Waals surface area contributed by atoms with Gasteiger partial charge in [-0.05, 0) is 30.0 Å². The van der Waals surface area contributed by atoms with Crippen molar-refractivity contribution in [3.8, 4) is 10.7 Å². The van der Waals surface area contributed by atoms with Gasteiger partial charge in [0.25, 0.3) is 0 Å². The van der Waals surface area contributed by atoms with Gasteiger partial charge in [0.1, 0.15) is 0 Å². The van der Waals surface area contributed by atoms with Gasteiger partial charge in [-0.15, -0.1) is 11.3 Å². The fourth-order valence-corrected chi connectivity index (χ4v) is 4.17. The molecule has 28 heavy (non-hydrogen) atoms. The third-order valence-electron chi connectivity index (χ3n) is 3.86. The van der Waals surface area contributed by atoms with Crippen LogP contribution in [0.25, 0.3) is 10.7 Å². The van der Waals surface area contributed by atoms with E-state index in [1.807, 2.05) is 23.6 Å². The van der Waals surface area contributed by atoms with Gasteiger partial charge in [0.05, 0.1) is 23.4 Å². The molecule has 2 aromatic heterocycles. The second kappa shape index (κ2) is 8.98. The Morgan fingerprint density at radius 2 is 2.00 bits per heavy atom. The van der Waals surface area contributed by atoms with Crippen LogP contribution < -0.4 is 9.62 Å². The summed E-state index contributed by atoms with van der Waals surface area (Å²) in [6, 6.07) is 12.6. The molecule has 0 fully saturated rings. The first-order valence-electron chi connectivity index (χ1n) is 8.59. The largest absolute Gasteiger partial charge is 0.347 e. The zero-order valence-corrected chi connectivity index (χ0v) is 16.9. The van der Waals surface area contributed by atoms with Crippen LogP contribution in [-0.2, 0) is 21.4 Å². The van der Waals surface area contributed by atoms with Crippen LogP contribution in [0.15, 0.2) is 52.4 Å². The fourth-order valence-electron chi connectivity index (χ4n) is 2.56. The number of rotatable bonds is 9. The molecule has 1 N–H and O–H groups in total. The van der Waals surface area contributed by atoms with Crippen LogP contribution in [0.2, 0.25) is 0 Å². The number of para-hydroxylation sites is 1. The number of carbonyl (C=O) groups excluding carboxylic acids is 1. The quantitative estimate of drug-likeness (QED) is 0.570. The third kappa shape index (κ3) is 5.40. The molecule has 0 aliphatic carbocycles. The molecule has 148 valence electrons. The number of anilines is 1. The van der Waals surface area contributed by atoms with E-state index in [2.05, 4.69) is 15.5 Å². The molecule has 0 aliphatic rings. The minimum atomic E-state index is -3.42. The highest BCUT2D eigenvalue weighted by Crippen LogP contribution is 2.21.